The van der Waals surface area contributed by atoms with Gasteiger partial charge in [0.05, 0.1) is 35.1 Å². The van der Waals surface area contributed by atoms with Gasteiger partial charge in [0.25, 0.3) is 20.2 Å². The SMILES string of the molecule is CC(C)(C)OC(=O)N1C[C@H]2C[C@@H]1CN2Cc1ccccc1.Cc1ccc(S(=O)(=O)OC[C@@H]2C[C@@H](OS(=O)(=O)c3ccc(C)cc3)CN2C(=O)OC(C)(C)C)cc1. The molecule has 13 nitrogen and oxygen atoms in total. The lowest BCUT2D eigenvalue weighted by atomic mass is 10.2. The molecule has 0 spiro atoms. The van der Waals surface area contributed by atoms with Crippen molar-refractivity contribution < 1.29 is 44.3 Å². The summed E-state index contributed by atoms with van der Waals surface area (Å²) in [5.41, 5.74) is 1.92. The Labute approximate surface area is 332 Å². The second kappa shape index (κ2) is 17.2. The van der Waals surface area contributed by atoms with Gasteiger partial charge in [-0.15, -0.1) is 0 Å². The van der Waals surface area contributed by atoms with E-state index in [1.807, 2.05) is 45.6 Å². The number of ether oxygens (including phenoxy) is 2. The summed E-state index contributed by atoms with van der Waals surface area (Å²) in [5.74, 6) is 0. The third-order valence-corrected chi connectivity index (χ3v) is 12.2. The minimum atomic E-state index is -4.10. The number of carbonyl (C=O) groups is 2. The summed E-state index contributed by atoms with van der Waals surface area (Å²) in [6.07, 6.45) is -0.642. The predicted molar refractivity (Wildman–Crippen MR) is 211 cm³/mol. The largest absolute Gasteiger partial charge is 0.444 e. The van der Waals surface area contributed by atoms with Gasteiger partial charge < -0.3 is 19.3 Å². The molecular weight excluding hydrogens is 759 g/mol. The average molecular weight is 814 g/mol. The summed E-state index contributed by atoms with van der Waals surface area (Å²) >= 11 is 0. The summed E-state index contributed by atoms with van der Waals surface area (Å²) in [6, 6.07) is 22.9. The van der Waals surface area contributed by atoms with E-state index in [4.69, 9.17) is 17.8 Å². The van der Waals surface area contributed by atoms with Gasteiger partial charge in [-0.05, 0) is 98.1 Å². The molecule has 0 saturated carbocycles. The van der Waals surface area contributed by atoms with Crippen molar-refractivity contribution in [2.45, 2.75) is 120 Å². The van der Waals surface area contributed by atoms with Crippen molar-refractivity contribution in [1.29, 1.82) is 0 Å². The van der Waals surface area contributed by atoms with E-state index >= 15 is 0 Å². The quantitative estimate of drug-likeness (QED) is 0.213. The molecule has 0 aliphatic carbocycles. The molecule has 0 N–H and O–H groups in total. The number of amides is 2. The van der Waals surface area contributed by atoms with Crippen LogP contribution in [0.2, 0.25) is 0 Å². The number of piperazine rings is 1. The van der Waals surface area contributed by atoms with Crippen LogP contribution in [0.25, 0.3) is 0 Å². The van der Waals surface area contributed by atoms with Crippen LogP contribution in [0.1, 0.15) is 71.1 Å². The monoisotopic (exact) mass is 813 g/mol. The molecular formula is C41H55N3O10S2. The van der Waals surface area contributed by atoms with Gasteiger partial charge in [-0.25, -0.2) is 9.59 Å². The Morgan fingerprint density at radius 1 is 0.643 bits per heavy atom. The third-order valence-electron chi connectivity index (χ3n) is 9.51. The van der Waals surface area contributed by atoms with Crippen LogP contribution < -0.4 is 0 Å². The number of likely N-dealkylation sites (tertiary alicyclic amines) is 3. The Kier molecular flexibility index (Phi) is 13.3. The molecule has 2 amide bonds. The zero-order valence-corrected chi connectivity index (χ0v) is 35.1. The Bertz CT molecular complexity index is 2030. The first kappa shape index (κ1) is 43.1. The van der Waals surface area contributed by atoms with Crippen molar-refractivity contribution >= 4 is 32.4 Å². The number of hydrogen-bond donors (Lipinski definition) is 0. The highest BCUT2D eigenvalue weighted by Crippen LogP contribution is 2.33. The average Bonchev–Trinajstić information content (AvgIpc) is 3.82. The second-order valence-corrected chi connectivity index (χ2v) is 19.8. The predicted octanol–water partition coefficient (Wildman–Crippen LogP) is 6.67. The molecule has 3 aromatic rings. The van der Waals surface area contributed by atoms with E-state index in [1.54, 1.807) is 45.0 Å². The second-order valence-electron chi connectivity index (χ2n) is 16.7. The lowest BCUT2D eigenvalue weighted by Crippen LogP contribution is -2.49. The minimum Gasteiger partial charge on any atom is -0.444 e. The van der Waals surface area contributed by atoms with Crippen molar-refractivity contribution in [1.82, 2.24) is 14.7 Å². The van der Waals surface area contributed by atoms with Gasteiger partial charge >= 0.3 is 12.2 Å². The van der Waals surface area contributed by atoms with E-state index in [2.05, 4.69) is 29.2 Å². The number of rotatable bonds is 9. The van der Waals surface area contributed by atoms with Gasteiger partial charge in [0.2, 0.25) is 0 Å². The molecule has 3 heterocycles. The van der Waals surface area contributed by atoms with Crippen LogP contribution in [0.5, 0.6) is 0 Å². The zero-order valence-electron chi connectivity index (χ0n) is 33.5. The number of hydrogen-bond acceptors (Lipinski definition) is 11. The summed E-state index contributed by atoms with van der Waals surface area (Å²) in [5, 5.41) is 0. The summed E-state index contributed by atoms with van der Waals surface area (Å²) in [7, 11) is -8.18. The molecule has 4 atom stereocenters. The fourth-order valence-electron chi connectivity index (χ4n) is 6.83. The van der Waals surface area contributed by atoms with Crippen molar-refractivity contribution in [2.24, 2.45) is 0 Å². The van der Waals surface area contributed by atoms with Crippen LogP contribution in [-0.4, -0.2) is 105 Å². The Morgan fingerprint density at radius 2 is 1.16 bits per heavy atom. The summed E-state index contributed by atoms with van der Waals surface area (Å²) in [6.45, 7) is 16.8. The molecule has 6 rings (SSSR count). The van der Waals surface area contributed by atoms with E-state index in [9.17, 15) is 26.4 Å². The number of nitrogens with zero attached hydrogens (tertiary/aromatic N) is 3. The molecule has 2 bridgehead atoms. The first-order valence-corrected chi connectivity index (χ1v) is 21.6. The molecule has 3 aliphatic heterocycles. The van der Waals surface area contributed by atoms with Crippen molar-refractivity contribution in [3.8, 4) is 0 Å². The maximum Gasteiger partial charge on any atom is 0.410 e. The lowest BCUT2D eigenvalue weighted by molar-refractivity contribution is 0.0122. The molecule has 0 unspecified atom stereocenters. The molecule has 56 heavy (non-hydrogen) atoms. The normalized spacial score (nSPS) is 21.4. The topological polar surface area (TPSA) is 149 Å². The van der Waals surface area contributed by atoms with Gasteiger partial charge in [0.1, 0.15) is 11.2 Å². The maximum absolute atomic E-state index is 12.8. The molecule has 3 fully saturated rings. The van der Waals surface area contributed by atoms with E-state index in [0.29, 0.717) is 12.1 Å². The lowest BCUT2D eigenvalue weighted by Gasteiger charge is -2.35. The van der Waals surface area contributed by atoms with E-state index in [0.717, 1.165) is 37.2 Å². The summed E-state index contributed by atoms with van der Waals surface area (Å²) < 4.78 is 72.4. The van der Waals surface area contributed by atoms with E-state index < -0.39 is 49.7 Å². The van der Waals surface area contributed by atoms with Crippen molar-refractivity contribution in [3.63, 3.8) is 0 Å². The Hall–Kier alpha value is -4.02. The maximum atomic E-state index is 12.8. The highest BCUT2D eigenvalue weighted by Gasteiger charge is 2.46. The van der Waals surface area contributed by atoms with E-state index in [1.165, 1.54) is 34.7 Å². The van der Waals surface area contributed by atoms with Crippen LogP contribution in [0.4, 0.5) is 9.59 Å². The van der Waals surface area contributed by atoms with Crippen LogP contribution in [0.3, 0.4) is 0 Å². The highest BCUT2D eigenvalue weighted by molar-refractivity contribution is 7.87. The van der Waals surface area contributed by atoms with Crippen LogP contribution in [-0.2, 0) is 44.6 Å². The summed E-state index contributed by atoms with van der Waals surface area (Å²) in [4.78, 5) is 30.7. The van der Waals surface area contributed by atoms with Crippen LogP contribution in [0, 0.1) is 13.8 Å². The smallest absolute Gasteiger partial charge is 0.410 e. The molecule has 0 aromatic heterocycles. The van der Waals surface area contributed by atoms with Gasteiger partial charge in [-0.2, -0.15) is 16.8 Å². The van der Waals surface area contributed by atoms with Crippen LogP contribution >= 0.6 is 0 Å². The standard InChI is InChI=1S/C24H31NO8S2.C17H24N2O2/c1-17-6-10-21(11-7-17)34(27,28)31-16-19-14-20(15-25(19)23(26)32-24(3,4)5)33-35(29,30)22-12-8-18(2)9-13-22;1-17(2,3)21-16(20)19-12-14-9-15(19)11-18(14)10-13-7-5-4-6-8-13/h6-13,19-20H,14-16H2,1-5H3;4-8,14-15H,9-12H2,1-3H3/t19-,20+;14-,15-/m01/s1. The molecule has 3 aliphatic rings. The molecule has 0 radical (unpaired) electrons. The Morgan fingerprint density at radius 3 is 1.66 bits per heavy atom. The fraction of sp³-hybridized carbons (Fsp3) is 0.512. The zero-order chi connectivity index (χ0) is 41.1. The molecule has 3 saturated heterocycles. The van der Waals surface area contributed by atoms with Gasteiger partial charge in [0.15, 0.2) is 0 Å². The van der Waals surface area contributed by atoms with Gasteiger partial charge in [0, 0.05) is 31.7 Å². The third kappa shape index (κ3) is 11.8. The molecule has 15 heteroatoms. The number of benzene rings is 3. The van der Waals surface area contributed by atoms with E-state index in [-0.39, 0.29) is 35.5 Å². The van der Waals surface area contributed by atoms with Gasteiger partial charge in [-0.3, -0.25) is 13.3 Å². The Balaban J connectivity index is 0.000000242. The number of aryl methyl sites for hydroxylation is 2. The van der Waals surface area contributed by atoms with Crippen molar-refractivity contribution in [3.05, 3.63) is 95.6 Å². The fourth-order valence-corrected chi connectivity index (χ4v) is 8.85. The number of fused-ring (bicyclic) bond motifs is 2. The minimum absolute atomic E-state index is 0.00596. The van der Waals surface area contributed by atoms with Crippen molar-refractivity contribution in [2.75, 3.05) is 26.2 Å². The molecule has 306 valence electrons. The first-order chi connectivity index (χ1) is 26.1. The first-order valence-electron chi connectivity index (χ1n) is 18.8. The number of carbonyl (C=O) groups excluding carboxylic acids is 2. The highest BCUT2D eigenvalue weighted by atomic mass is 32.2. The van der Waals surface area contributed by atoms with Crippen LogP contribution in [0.15, 0.2) is 88.7 Å². The van der Waals surface area contributed by atoms with Gasteiger partial charge in [-0.1, -0.05) is 65.7 Å². The molecule has 3 aromatic carbocycles.